The van der Waals surface area contributed by atoms with Crippen LogP contribution in [0.4, 0.5) is 0 Å². The van der Waals surface area contributed by atoms with Crippen molar-refractivity contribution in [3.8, 4) is 17.2 Å². The Morgan fingerprint density at radius 1 is 1.06 bits per heavy atom. The second kappa shape index (κ2) is 7.68. The number of fused-ring (bicyclic) bond motifs is 3. The molecule has 10 heteroatoms. The summed E-state index contributed by atoms with van der Waals surface area (Å²) in [6.07, 6.45) is -2.50. The number of phenols is 2. The lowest BCUT2D eigenvalue weighted by Gasteiger charge is -2.36. The van der Waals surface area contributed by atoms with Gasteiger partial charge in [0, 0.05) is 36.5 Å². The van der Waals surface area contributed by atoms with E-state index in [9.17, 15) is 39.6 Å². The maximum atomic E-state index is 13.4. The second-order valence-electron chi connectivity index (χ2n) is 8.06. The number of esters is 1. The molecule has 4 N–H and O–H groups in total. The minimum Gasteiger partial charge on any atom is -0.507 e. The van der Waals surface area contributed by atoms with Gasteiger partial charge in [0.1, 0.15) is 22.8 Å². The highest BCUT2D eigenvalue weighted by atomic mass is 16.7. The first-order chi connectivity index (χ1) is 15.5. The van der Waals surface area contributed by atoms with Gasteiger partial charge < -0.3 is 29.9 Å². The molecule has 0 fully saturated rings. The molecule has 0 saturated carbocycles. The van der Waals surface area contributed by atoms with Crippen molar-refractivity contribution in [1.29, 1.82) is 0 Å². The average molecular weight is 456 g/mol. The topological polar surface area (TPSA) is 168 Å². The summed E-state index contributed by atoms with van der Waals surface area (Å²) in [5, 5.41) is 43.0. The summed E-state index contributed by atoms with van der Waals surface area (Å²) < 4.78 is 10.0. The van der Waals surface area contributed by atoms with Crippen molar-refractivity contribution in [3.63, 3.8) is 0 Å². The van der Waals surface area contributed by atoms with Gasteiger partial charge in [-0.1, -0.05) is 12.1 Å². The minimum absolute atomic E-state index is 0.0825. The Bertz CT molecular complexity index is 1240. The Kier molecular flexibility index (Phi) is 5.22. The van der Waals surface area contributed by atoms with Gasteiger partial charge in [-0.15, -0.1) is 0 Å². The highest BCUT2D eigenvalue weighted by Gasteiger charge is 2.47. The van der Waals surface area contributed by atoms with E-state index < -0.39 is 77.3 Å². The van der Waals surface area contributed by atoms with E-state index in [0.29, 0.717) is 0 Å². The number of Topliss-reactive ketones (excluding diaryl/α,β-unsaturated/α-hetero) is 1. The average Bonchev–Trinajstić information content (AvgIpc) is 2.73. The summed E-state index contributed by atoms with van der Waals surface area (Å²) in [7, 11) is 0. The van der Waals surface area contributed by atoms with Crippen molar-refractivity contribution in [2.24, 2.45) is 0 Å². The van der Waals surface area contributed by atoms with Gasteiger partial charge in [-0.3, -0.25) is 19.2 Å². The number of ether oxygens (including phenoxy) is 2. The molecule has 0 spiro atoms. The molecule has 2 aromatic carbocycles. The van der Waals surface area contributed by atoms with Gasteiger partial charge in [-0.2, -0.15) is 0 Å². The zero-order valence-corrected chi connectivity index (χ0v) is 17.7. The van der Waals surface area contributed by atoms with Gasteiger partial charge in [0.05, 0.1) is 22.8 Å². The molecule has 2 aliphatic carbocycles. The van der Waals surface area contributed by atoms with E-state index in [1.54, 1.807) is 0 Å². The largest absolute Gasteiger partial charge is 0.507 e. The molecule has 0 bridgehead atoms. The van der Waals surface area contributed by atoms with E-state index >= 15 is 0 Å². The maximum absolute atomic E-state index is 13.4. The zero-order valence-electron chi connectivity index (χ0n) is 17.7. The van der Waals surface area contributed by atoms with Gasteiger partial charge in [-0.25, -0.2) is 0 Å². The van der Waals surface area contributed by atoms with Crippen LogP contribution in [0.3, 0.4) is 0 Å². The van der Waals surface area contributed by atoms with Crippen LogP contribution in [0, 0.1) is 0 Å². The first kappa shape index (κ1) is 22.4. The van der Waals surface area contributed by atoms with Crippen LogP contribution in [0.25, 0.3) is 0 Å². The number of rotatable bonds is 4. The van der Waals surface area contributed by atoms with Crippen LogP contribution in [0.5, 0.6) is 17.2 Å². The highest BCUT2D eigenvalue weighted by molar-refractivity contribution is 6.31. The summed E-state index contributed by atoms with van der Waals surface area (Å²) in [5.41, 5.74) is -3.79. The fourth-order valence-electron chi connectivity index (χ4n) is 4.34. The molecule has 2 aliphatic rings. The van der Waals surface area contributed by atoms with Crippen LogP contribution in [0.1, 0.15) is 69.3 Å². The number of hydrogen-bond acceptors (Lipinski definition) is 10. The third-order valence-corrected chi connectivity index (χ3v) is 6.01. The number of carbonyl (C=O) groups excluding carboxylic acids is 4. The van der Waals surface area contributed by atoms with Gasteiger partial charge in [0.15, 0.2) is 11.6 Å². The predicted octanol–water partition coefficient (Wildman–Crippen LogP) is 1.07. The lowest BCUT2D eigenvalue weighted by atomic mass is 9.72. The molecular weight excluding hydrogens is 436 g/mol. The van der Waals surface area contributed by atoms with Crippen LogP contribution in [-0.4, -0.2) is 56.1 Å². The van der Waals surface area contributed by atoms with E-state index in [4.69, 9.17) is 9.47 Å². The van der Waals surface area contributed by atoms with Gasteiger partial charge in [0.2, 0.25) is 12.6 Å². The number of ketones is 3. The predicted molar refractivity (Wildman–Crippen MR) is 109 cm³/mol. The minimum atomic E-state index is -2.01. The fourth-order valence-corrected chi connectivity index (χ4v) is 4.34. The third-order valence-electron chi connectivity index (χ3n) is 6.01. The molecular formula is C23H20O10. The zero-order chi connectivity index (χ0) is 24.2. The Morgan fingerprint density at radius 3 is 2.36 bits per heavy atom. The Labute approximate surface area is 187 Å². The molecule has 33 heavy (non-hydrogen) atoms. The normalized spacial score (nSPS) is 21.0. The van der Waals surface area contributed by atoms with Crippen LogP contribution in [0.2, 0.25) is 0 Å². The summed E-state index contributed by atoms with van der Waals surface area (Å²) in [5.74, 6) is -4.46. The van der Waals surface area contributed by atoms with E-state index in [2.05, 4.69) is 0 Å². The molecule has 0 amide bonds. The molecule has 0 aliphatic heterocycles. The van der Waals surface area contributed by atoms with Crippen LogP contribution in [0.15, 0.2) is 18.2 Å². The number of benzene rings is 2. The van der Waals surface area contributed by atoms with E-state index in [1.165, 1.54) is 18.2 Å². The number of aliphatic hydroxyl groups is 2. The molecule has 2 aromatic rings. The third kappa shape index (κ3) is 3.35. The molecule has 2 atom stereocenters. The number of phenolic OH excluding ortho intramolecular Hbond substituents is 2. The monoisotopic (exact) mass is 456 g/mol. The summed E-state index contributed by atoms with van der Waals surface area (Å²) in [6.45, 7) is 1.76. The first-order valence-electron chi connectivity index (χ1n) is 9.98. The van der Waals surface area contributed by atoms with Crippen LogP contribution < -0.4 is 4.74 Å². The Balaban J connectivity index is 1.90. The van der Waals surface area contributed by atoms with Crippen molar-refractivity contribution >= 4 is 23.3 Å². The molecule has 4 rings (SSSR count). The number of carbonyl (C=O) groups is 4. The molecule has 0 radical (unpaired) electrons. The number of hydrogen-bond donors (Lipinski definition) is 4. The van der Waals surface area contributed by atoms with Crippen molar-refractivity contribution in [3.05, 3.63) is 51.6 Å². The van der Waals surface area contributed by atoms with Gasteiger partial charge >= 0.3 is 5.97 Å². The molecule has 0 heterocycles. The summed E-state index contributed by atoms with van der Waals surface area (Å²) in [6, 6.07) is 4.12. The first-order valence-corrected chi connectivity index (χ1v) is 9.98. The van der Waals surface area contributed by atoms with Gasteiger partial charge in [0.25, 0.3) is 0 Å². The molecule has 2 unspecified atom stereocenters. The lowest BCUT2D eigenvalue weighted by molar-refractivity contribution is -0.147. The highest BCUT2D eigenvalue weighted by Crippen LogP contribution is 2.50. The Hall–Kier alpha value is -3.76. The van der Waals surface area contributed by atoms with Crippen molar-refractivity contribution < 1.29 is 49.1 Å². The van der Waals surface area contributed by atoms with Crippen LogP contribution in [-0.2, 0) is 20.7 Å². The molecule has 10 nitrogen and oxygen atoms in total. The molecule has 0 saturated heterocycles. The van der Waals surface area contributed by atoms with Crippen molar-refractivity contribution in [2.75, 3.05) is 6.79 Å². The lowest BCUT2D eigenvalue weighted by Crippen LogP contribution is -2.44. The molecule has 172 valence electrons. The summed E-state index contributed by atoms with van der Waals surface area (Å²) in [4.78, 5) is 49.6. The number of aromatic hydroxyl groups is 2. The second-order valence-corrected chi connectivity index (χ2v) is 8.06. The van der Waals surface area contributed by atoms with Crippen LogP contribution >= 0.6 is 0 Å². The van der Waals surface area contributed by atoms with E-state index in [1.807, 2.05) is 0 Å². The summed E-state index contributed by atoms with van der Waals surface area (Å²) >= 11 is 0. The maximum Gasteiger partial charge on any atom is 0.305 e. The van der Waals surface area contributed by atoms with Crippen molar-refractivity contribution in [2.45, 2.75) is 38.4 Å². The van der Waals surface area contributed by atoms with E-state index in [-0.39, 0.29) is 28.0 Å². The van der Waals surface area contributed by atoms with Gasteiger partial charge in [-0.05, 0) is 13.0 Å². The Morgan fingerprint density at radius 2 is 1.73 bits per heavy atom. The van der Waals surface area contributed by atoms with Crippen molar-refractivity contribution in [1.82, 2.24) is 0 Å². The smallest absolute Gasteiger partial charge is 0.305 e. The van der Waals surface area contributed by atoms with E-state index in [0.717, 1.165) is 13.8 Å². The SMILES string of the molecule is CC(=O)OCOc1cccc2c1C(=O)c1c(O)c3c(c(O)c1C2=O)CC(O)(C(C)=O)CC3O. The quantitative estimate of drug-likeness (QED) is 0.253. The number of aliphatic hydroxyl groups excluding tert-OH is 1. The fraction of sp³-hybridized carbons (Fsp3) is 0.304. The standard InChI is InChI=1S/C23H20O10/c1-9(24)23(31)6-12-15(13(26)7-23)21(29)18-17(20(12)28)19(27)11-4-3-5-14(16(11)22(18)30)33-8-32-10(2)25/h3-5,13,26,28-29,31H,6-8H2,1-2H3. The molecule has 0 aromatic heterocycles.